The van der Waals surface area contributed by atoms with Crippen molar-refractivity contribution >= 4 is 33.4 Å². The van der Waals surface area contributed by atoms with Crippen molar-refractivity contribution in [3.05, 3.63) is 72.0 Å². The quantitative estimate of drug-likeness (QED) is 0.487. The summed E-state index contributed by atoms with van der Waals surface area (Å²) in [5.74, 6) is 0. The second kappa shape index (κ2) is 4.36. The molecule has 4 aromatic rings. The van der Waals surface area contributed by atoms with Crippen LogP contribution in [0, 0.1) is 0 Å². The summed E-state index contributed by atoms with van der Waals surface area (Å²) >= 11 is 6.38. The van der Waals surface area contributed by atoms with Crippen molar-refractivity contribution in [2.45, 2.75) is 0 Å². The van der Waals surface area contributed by atoms with Gasteiger partial charge in [-0.15, -0.1) is 0 Å². The normalized spacial score (nSPS) is 11.2. The van der Waals surface area contributed by atoms with Crippen molar-refractivity contribution in [1.82, 2.24) is 9.55 Å². The van der Waals surface area contributed by atoms with Crippen LogP contribution in [0.2, 0.25) is 5.02 Å². The van der Waals surface area contributed by atoms with E-state index in [-0.39, 0.29) is 0 Å². The molecule has 0 saturated heterocycles. The highest BCUT2D eigenvalue weighted by Crippen LogP contribution is 2.33. The van der Waals surface area contributed by atoms with Crippen LogP contribution < -0.4 is 0 Å². The molecule has 3 heteroatoms. The minimum atomic E-state index is 0.735. The van der Waals surface area contributed by atoms with Crippen LogP contribution in [0.4, 0.5) is 0 Å². The first kappa shape index (κ1) is 11.5. The lowest BCUT2D eigenvalue weighted by Gasteiger charge is -2.09. The maximum absolute atomic E-state index is 6.38. The van der Waals surface area contributed by atoms with Crippen molar-refractivity contribution in [2.75, 3.05) is 0 Å². The lowest BCUT2D eigenvalue weighted by Crippen LogP contribution is -1.94. The molecule has 2 heterocycles. The molecule has 2 aromatic heterocycles. The number of aromatic nitrogens is 2. The van der Waals surface area contributed by atoms with Gasteiger partial charge in [0, 0.05) is 17.0 Å². The Morgan fingerprint density at radius 2 is 1.55 bits per heavy atom. The number of rotatable bonds is 1. The van der Waals surface area contributed by atoms with Gasteiger partial charge in [-0.25, -0.2) is 0 Å². The number of pyridine rings is 1. The van der Waals surface area contributed by atoms with E-state index < -0.39 is 0 Å². The van der Waals surface area contributed by atoms with Crippen LogP contribution in [-0.2, 0) is 0 Å². The third kappa shape index (κ3) is 1.55. The molecule has 20 heavy (non-hydrogen) atoms. The smallest absolute Gasteiger partial charge is 0.0725 e. The first-order valence-electron chi connectivity index (χ1n) is 6.44. The van der Waals surface area contributed by atoms with Gasteiger partial charge < -0.3 is 4.57 Å². The minimum Gasteiger partial charge on any atom is -0.306 e. The Morgan fingerprint density at radius 1 is 0.800 bits per heavy atom. The monoisotopic (exact) mass is 278 g/mol. The average molecular weight is 279 g/mol. The van der Waals surface area contributed by atoms with Crippen LogP contribution >= 0.6 is 11.6 Å². The molecule has 0 aliphatic rings. The third-order valence-corrected chi connectivity index (χ3v) is 3.89. The number of hydrogen-bond donors (Lipinski definition) is 0. The van der Waals surface area contributed by atoms with E-state index >= 15 is 0 Å². The Balaban J connectivity index is 2.24. The highest BCUT2D eigenvalue weighted by molar-refractivity contribution is 6.32. The SMILES string of the molecule is Clc1ccccc1-n1c2ccccc2c2ccncc21. The fourth-order valence-corrected chi connectivity index (χ4v) is 2.93. The van der Waals surface area contributed by atoms with Crippen LogP contribution in [0.25, 0.3) is 27.5 Å². The maximum Gasteiger partial charge on any atom is 0.0725 e. The van der Waals surface area contributed by atoms with Crippen molar-refractivity contribution in [3.8, 4) is 5.69 Å². The van der Waals surface area contributed by atoms with Gasteiger partial charge in [0.15, 0.2) is 0 Å². The first-order chi connectivity index (χ1) is 9.86. The lowest BCUT2D eigenvalue weighted by molar-refractivity contribution is 1.17. The Kier molecular flexibility index (Phi) is 2.51. The minimum absolute atomic E-state index is 0.735. The van der Waals surface area contributed by atoms with Gasteiger partial charge in [0.05, 0.1) is 27.9 Å². The molecule has 0 N–H and O–H groups in total. The van der Waals surface area contributed by atoms with Gasteiger partial charge in [0.1, 0.15) is 0 Å². The van der Waals surface area contributed by atoms with Crippen LogP contribution in [0.3, 0.4) is 0 Å². The van der Waals surface area contributed by atoms with Crippen LogP contribution in [0.5, 0.6) is 0 Å². The second-order valence-corrected chi connectivity index (χ2v) is 5.10. The zero-order chi connectivity index (χ0) is 13.5. The summed E-state index contributed by atoms with van der Waals surface area (Å²) in [6.45, 7) is 0. The average Bonchev–Trinajstić information content (AvgIpc) is 2.83. The topological polar surface area (TPSA) is 17.8 Å². The number of halogens is 1. The summed E-state index contributed by atoms with van der Waals surface area (Å²) < 4.78 is 2.17. The molecule has 2 nitrogen and oxygen atoms in total. The maximum atomic E-state index is 6.38. The standard InChI is InChI=1S/C17H11ClN2/c18-14-6-2-4-8-16(14)20-15-7-3-1-5-12(15)13-9-10-19-11-17(13)20/h1-11H. The molecule has 0 aliphatic carbocycles. The lowest BCUT2D eigenvalue weighted by atomic mass is 10.2. The number of benzene rings is 2. The van der Waals surface area contributed by atoms with E-state index in [4.69, 9.17) is 11.6 Å². The number of para-hydroxylation sites is 2. The fraction of sp³-hybridized carbons (Fsp3) is 0. The highest BCUT2D eigenvalue weighted by Gasteiger charge is 2.12. The van der Waals surface area contributed by atoms with Crippen LogP contribution in [0.1, 0.15) is 0 Å². The molecule has 0 fully saturated rings. The fourth-order valence-electron chi connectivity index (χ4n) is 2.71. The van der Waals surface area contributed by atoms with E-state index in [1.165, 1.54) is 10.8 Å². The summed E-state index contributed by atoms with van der Waals surface area (Å²) in [4.78, 5) is 4.26. The summed E-state index contributed by atoms with van der Waals surface area (Å²) in [6.07, 6.45) is 3.71. The molecule has 0 saturated carbocycles. The molecule has 0 amide bonds. The van der Waals surface area contributed by atoms with E-state index in [0.29, 0.717) is 0 Å². The van der Waals surface area contributed by atoms with Crippen LogP contribution in [-0.4, -0.2) is 9.55 Å². The number of hydrogen-bond acceptors (Lipinski definition) is 1. The van der Waals surface area contributed by atoms with E-state index in [1.807, 2.05) is 48.8 Å². The predicted octanol–water partition coefficient (Wildman–Crippen LogP) is 4.83. The molecule has 0 bridgehead atoms. The third-order valence-electron chi connectivity index (χ3n) is 3.57. The van der Waals surface area contributed by atoms with Gasteiger partial charge in [-0.3, -0.25) is 4.98 Å². The molecule has 0 aliphatic heterocycles. The van der Waals surface area contributed by atoms with Crippen molar-refractivity contribution < 1.29 is 0 Å². The molecule has 0 atom stereocenters. The summed E-state index contributed by atoms with van der Waals surface area (Å²) in [7, 11) is 0. The van der Waals surface area contributed by atoms with E-state index in [0.717, 1.165) is 21.7 Å². The molecular formula is C17H11ClN2. The molecule has 0 unspecified atom stereocenters. The van der Waals surface area contributed by atoms with Crippen molar-refractivity contribution in [3.63, 3.8) is 0 Å². The van der Waals surface area contributed by atoms with E-state index in [9.17, 15) is 0 Å². The Morgan fingerprint density at radius 3 is 2.45 bits per heavy atom. The van der Waals surface area contributed by atoms with Crippen LogP contribution in [0.15, 0.2) is 67.0 Å². The number of fused-ring (bicyclic) bond motifs is 3. The summed E-state index contributed by atoms with van der Waals surface area (Å²) in [5, 5.41) is 3.14. The zero-order valence-corrected chi connectivity index (χ0v) is 11.4. The highest BCUT2D eigenvalue weighted by atomic mass is 35.5. The van der Waals surface area contributed by atoms with Gasteiger partial charge in [-0.2, -0.15) is 0 Å². The zero-order valence-electron chi connectivity index (χ0n) is 10.6. The molecule has 96 valence electrons. The summed E-state index contributed by atoms with van der Waals surface area (Å²) in [5.41, 5.74) is 3.19. The van der Waals surface area contributed by atoms with E-state index in [1.54, 1.807) is 0 Å². The van der Waals surface area contributed by atoms with Gasteiger partial charge in [-0.05, 0) is 24.3 Å². The van der Waals surface area contributed by atoms with Crippen molar-refractivity contribution in [2.24, 2.45) is 0 Å². The predicted molar refractivity (Wildman–Crippen MR) is 83.6 cm³/mol. The summed E-state index contributed by atoms with van der Waals surface area (Å²) in [6, 6.07) is 18.3. The molecule has 0 spiro atoms. The molecule has 2 aromatic carbocycles. The second-order valence-electron chi connectivity index (χ2n) is 4.70. The molecule has 4 rings (SSSR count). The largest absolute Gasteiger partial charge is 0.306 e. The molecular weight excluding hydrogens is 268 g/mol. The van der Waals surface area contributed by atoms with E-state index in [2.05, 4.69) is 27.8 Å². The van der Waals surface area contributed by atoms with Gasteiger partial charge in [-0.1, -0.05) is 41.9 Å². The Hall–Kier alpha value is -2.32. The van der Waals surface area contributed by atoms with Gasteiger partial charge in [0.25, 0.3) is 0 Å². The van der Waals surface area contributed by atoms with Gasteiger partial charge in [0.2, 0.25) is 0 Å². The number of nitrogens with zero attached hydrogens (tertiary/aromatic N) is 2. The first-order valence-corrected chi connectivity index (χ1v) is 6.82. The Bertz CT molecular complexity index is 871. The van der Waals surface area contributed by atoms with Gasteiger partial charge >= 0.3 is 0 Å². The Labute approximate surface area is 121 Å². The van der Waals surface area contributed by atoms with Crippen molar-refractivity contribution in [1.29, 1.82) is 0 Å². The molecule has 0 radical (unpaired) electrons.